The van der Waals surface area contributed by atoms with E-state index in [4.69, 9.17) is 32.4 Å². The lowest BCUT2D eigenvalue weighted by Crippen LogP contribution is -2.55. The molecule has 4 bridgehead atoms. The lowest BCUT2D eigenvalue weighted by atomic mass is 9.86. The maximum Gasteiger partial charge on any atom is 0.326 e. The summed E-state index contributed by atoms with van der Waals surface area (Å²) in [4.78, 5) is 78.4. The van der Waals surface area contributed by atoms with Crippen LogP contribution in [0.4, 0.5) is 14.6 Å². The van der Waals surface area contributed by atoms with Gasteiger partial charge in [-0.15, -0.1) is 0 Å². The van der Waals surface area contributed by atoms with Crippen molar-refractivity contribution in [3.05, 3.63) is 82.5 Å². The summed E-state index contributed by atoms with van der Waals surface area (Å²) in [7, 11) is 1.16. The number of phenolic OH excluding ortho intramolecular Hbond substituents is 1. The number of alkyl halides is 2. The first-order chi connectivity index (χ1) is 33.0. The van der Waals surface area contributed by atoms with Crippen molar-refractivity contribution in [3.8, 4) is 39.8 Å². The van der Waals surface area contributed by atoms with E-state index in [1.54, 1.807) is 24.3 Å². The van der Waals surface area contributed by atoms with Gasteiger partial charge < -0.3 is 73.7 Å². The van der Waals surface area contributed by atoms with Crippen LogP contribution in [0, 0.1) is 0 Å². The Hall–Kier alpha value is -7.05. The summed E-state index contributed by atoms with van der Waals surface area (Å²) in [6.07, 6.45) is -6.36. The molecule has 5 rings (SSSR count). The third-order valence-corrected chi connectivity index (χ3v) is 11.4. The van der Waals surface area contributed by atoms with Crippen molar-refractivity contribution >= 4 is 35.4 Å². The van der Waals surface area contributed by atoms with Gasteiger partial charge in [-0.05, 0) is 66.3 Å². The summed E-state index contributed by atoms with van der Waals surface area (Å²) >= 11 is 0. The monoisotopic (exact) mass is 978 g/mol. The number of likely N-dealkylation sites (N-methyl/N-ethyl adjacent to an activating group) is 1. The van der Waals surface area contributed by atoms with E-state index in [9.17, 15) is 53.2 Å². The number of aliphatic hydroxyl groups is 2. The molecule has 0 fully saturated rings. The first kappa shape index (κ1) is 53.9. The molecule has 70 heavy (non-hydrogen) atoms. The first-order valence-corrected chi connectivity index (χ1v) is 22.2. The van der Waals surface area contributed by atoms with Gasteiger partial charge in [-0.1, -0.05) is 51.1 Å². The molecule has 1 aliphatic rings. The van der Waals surface area contributed by atoms with E-state index in [1.165, 1.54) is 37.3 Å². The van der Waals surface area contributed by atoms with Crippen LogP contribution in [-0.4, -0.2) is 135 Å². The van der Waals surface area contributed by atoms with Crippen molar-refractivity contribution in [3.63, 3.8) is 0 Å². The highest BCUT2D eigenvalue weighted by molar-refractivity contribution is 6.03. The van der Waals surface area contributed by atoms with Gasteiger partial charge in [-0.3, -0.25) is 19.2 Å². The molecule has 378 valence electrons. The number of benzene rings is 3. The van der Waals surface area contributed by atoms with Gasteiger partial charge in [0.05, 0.1) is 0 Å². The van der Waals surface area contributed by atoms with Crippen molar-refractivity contribution in [2.75, 3.05) is 45.6 Å². The fourth-order valence-electron chi connectivity index (χ4n) is 7.45. The number of phenols is 1. The van der Waals surface area contributed by atoms with Crippen LogP contribution in [0.25, 0.3) is 22.5 Å². The Kier molecular flexibility index (Phi) is 17.7. The molecule has 6 atom stereocenters. The molecule has 3 aromatic carbocycles. The van der Waals surface area contributed by atoms with Gasteiger partial charge in [-0.25, -0.2) is 23.5 Å². The number of aromatic nitrogens is 2. The van der Waals surface area contributed by atoms with E-state index in [0.717, 1.165) is 17.5 Å². The Morgan fingerprint density at radius 3 is 2.10 bits per heavy atom. The van der Waals surface area contributed by atoms with Gasteiger partial charge in [0.15, 0.2) is 17.3 Å². The Morgan fingerprint density at radius 1 is 0.900 bits per heavy atom. The summed E-state index contributed by atoms with van der Waals surface area (Å²) in [5.41, 5.74) is 22.7. The SMILES string of the molecule is C[C@@H]1NC(=O)C(N(C)C(=O)[C@H](CCN)NC(=O)c2c(N)nc(-c3ccc(C(C)(C)C)cc3)nc2C(F)F)c2cc(OC[C@H](O)CN)c(O)c(c2)-c2cc(ccc2OC[C@H](O)CN)CC(C(=O)O)NC1=O. The zero-order valence-corrected chi connectivity index (χ0v) is 39.2. The molecule has 0 saturated heterocycles. The number of ether oxygens (including phenoxy) is 2. The van der Waals surface area contributed by atoms with Crippen LogP contribution in [0.5, 0.6) is 17.2 Å². The molecule has 23 heteroatoms. The molecule has 4 amide bonds. The number of fused-ring (bicyclic) bond motifs is 5. The lowest BCUT2D eigenvalue weighted by Gasteiger charge is -2.33. The smallest absolute Gasteiger partial charge is 0.326 e. The molecule has 0 spiro atoms. The Bertz CT molecular complexity index is 2560. The highest BCUT2D eigenvalue weighted by atomic mass is 19.3. The number of carboxylic acids is 1. The minimum Gasteiger partial charge on any atom is -0.504 e. The van der Waals surface area contributed by atoms with E-state index >= 15 is 0 Å². The fraction of sp³-hybridized carbons (Fsp3) is 0.426. The van der Waals surface area contributed by atoms with Crippen molar-refractivity contribution in [2.24, 2.45) is 17.2 Å². The average Bonchev–Trinajstić information content (AvgIpc) is 3.31. The third kappa shape index (κ3) is 12.8. The Labute approximate surface area is 401 Å². The molecule has 2 heterocycles. The summed E-state index contributed by atoms with van der Waals surface area (Å²) in [5, 5.41) is 49.9. The number of halogens is 2. The first-order valence-electron chi connectivity index (χ1n) is 22.2. The number of nitrogens with two attached hydrogens (primary N) is 4. The maximum atomic E-state index is 14.8. The molecule has 15 N–H and O–H groups in total. The van der Waals surface area contributed by atoms with Crippen LogP contribution in [0.3, 0.4) is 0 Å². The predicted molar refractivity (Wildman–Crippen MR) is 252 cm³/mol. The second-order valence-corrected chi connectivity index (χ2v) is 17.8. The van der Waals surface area contributed by atoms with Crippen molar-refractivity contribution in [1.82, 2.24) is 30.8 Å². The van der Waals surface area contributed by atoms with Crippen molar-refractivity contribution < 1.29 is 62.7 Å². The molecule has 21 nitrogen and oxygen atoms in total. The topological polar surface area (TPSA) is 354 Å². The van der Waals surface area contributed by atoms with E-state index in [0.29, 0.717) is 11.1 Å². The largest absolute Gasteiger partial charge is 0.504 e. The number of aliphatic hydroxyl groups excluding tert-OH is 2. The van der Waals surface area contributed by atoms with Crippen molar-refractivity contribution in [1.29, 1.82) is 0 Å². The zero-order valence-electron chi connectivity index (χ0n) is 39.2. The number of carbonyl (C=O) groups is 5. The molecular formula is C47H60F2N10O11. The fourth-order valence-corrected chi connectivity index (χ4v) is 7.45. The third-order valence-electron chi connectivity index (χ3n) is 11.4. The number of rotatable bonds is 17. The normalized spacial score (nSPS) is 17.6. The van der Waals surface area contributed by atoms with Gasteiger partial charge in [0.1, 0.15) is 72.4 Å². The number of carbonyl (C=O) groups excluding carboxylic acids is 4. The van der Waals surface area contributed by atoms with E-state index in [-0.39, 0.29) is 78.5 Å². The highest BCUT2D eigenvalue weighted by Crippen LogP contribution is 2.45. The number of nitrogen functional groups attached to an aromatic ring is 1. The van der Waals surface area contributed by atoms with Gasteiger partial charge in [-0.2, -0.15) is 0 Å². The Morgan fingerprint density at radius 2 is 1.53 bits per heavy atom. The summed E-state index contributed by atoms with van der Waals surface area (Å²) < 4.78 is 41.3. The minimum absolute atomic E-state index is 0.0160. The second kappa shape index (κ2) is 23.0. The van der Waals surface area contributed by atoms with Crippen LogP contribution < -0.4 is 48.4 Å². The average molecular weight is 979 g/mol. The van der Waals surface area contributed by atoms with Crippen LogP contribution in [0.1, 0.15) is 79.3 Å². The van der Waals surface area contributed by atoms with Gasteiger partial charge in [0, 0.05) is 43.2 Å². The van der Waals surface area contributed by atoms with Crippen molar-refractivity contribution in [2.45, 2.75) is 88.8 Å². The van der Waals surface area contributed by atoms with Crippen LogP contribution in [0.15, 0.2) is 54.6 Å². The molecule has 4 aromatic rings. The number of carboxylic acid groups (broad SMARTS) is 1. The van der Waals surface area contributed by atoms with E-state index in [2.05, 4.69) is 25.9 Å². The molecule has 0 aliphatic carbocycles. The zero-order chi connectivity index (χ0) is 51.8. The number of nitrogens with one attached hydrogen (secondary N) is 3. The Balaban J connectivity index is 1.65. The number of aliphatic carboxylic acids is 1. The molecule has 0 radical (unpaired) electrons. The van der Waals surface area contributed by atoms with Gasteiger partial charge in [0.2, 0.25) is 17.7 Å². The number of aromatic hydroxyl groups is 1. The quantitative estimate of drug-likeness (QED) is 0.0703. The van der Waals surface area contributed by atoms with Gasteiger partial charge in [0.25, 0.3) is 12.3 Å². The van der Waals surface area contributed by atoms with E-state index < -0.39 is 102 Å². The molecule has 0 saturated carbocycles. The molecular weight excluding hydrogens is 919 g/mol. The number of nitrogens with zero attached hydrogens (tertiary/aromatic N) is 3. The van der Waals surface area contributed by atoms with Gasteiger partial charge >= 0.3 is 5.97 Å². The summed E-state index contributed by atoms with van der Waals surface area (Å²) in [6.45, 7) is 5.71. The summed E-state index contributed by atoms with van der Waals surface area (Å²) in [6, 6.07) is 7.20. The van der Waals surface area contributed by atoms with Crippen LogP contribution >= 0.6 is 0 Å². The maximum absolute atomic E-state index is 14.8. The van der Waals surface area contributed by atoms with E-state index in [1.807, 2.05) is 20.8 Å². The second-order valence-electron chi connectivity index (χ2n) is 17.8. The van der Waals surface area contributed by atoms with Crippen LogP contribution in [-0.2, 0) is 31.0 Å². The molecule has 1 aliphatic heterocycles. The number of anilines is 1. The minimum atomic E-state index is -3.34. The number of hydrogen-bond acceptors (Lipinski definition) is 16. The van der Waals surface area contributed by atoms with Crippen LogP contribution in [0.2, 0.25) is 0 Å². The standard InChI is InChI=1S/C47H60F2N10O11/c1-22-42(63)56-32(46(67)68)15-23-6-11-33(69-20-27(60)18-51)29(14-23)30-16-25(17-34(38(30)62)70-21-28(61)19-52)37(44(65)54-22)59(5)45(66)31(12-13-50)55-43(64)35-36(39(48)49)57-41(58-40(35)53)24-7-9-26(10-8-24)47(2,3)4/h6-11,14,16-17,22,27-28,31-32,37,39,60-62H,12-13,15,18-21,50-52H2,1-5H3,(H,54,65)(H,55,64)(H,56,63)(H,67,68)(H2,53,57,58)/t22-,27+,28+,31-,32?,37?/m0/s1. The molecule has 2 unspecified atom stereocenters. The lowest BCUT2D eigenvalue weighted by molar-refractivity contribution is -0.143. The number of amides is 4. The number of hydrogen-bond donors (Lipinski definition) is 11. The molecule has 1 aromatic heterocycles. The predicted octanol–water partition coefficient (Wildman–Crippen LogP) is 1.01. The summed E-state index contributed by atoms with van der Waals surface area (Å²) in [5.74, 6) is -7.43. The highest BCUT2D eigenvalue weighted by Gasteiger charge is 2.38.